The highest BCUT2D eigenvalue weighted by Crippen LogP contribution is 2.29. The average Bonchev–Trinajstić information content (AvgIpc) is 2.67. The van der Waals surface area contributed by atoms with E-state index in [0.29, 0.717) is 29.7 Å². The highest BCUT2D eigenvalue weighted by atomic mass is 19.1. The molecule has 1 aromatic heterocycles. The molecule has 3 N–H and O–H groups in total. The lowest BCUT2D eigenvalue weighted by molar-refractivity contribution is 0.239. The van der Waals surface area contributed by atoms with Gasteiger partial charge in [-0.15, -0.1) is 0 Å². The summed E-state index contributed by atoms with van der Waals surface area (Å²) in [5, 5.41) is 13.4. The van der Waals surface area contributed by atoms with Crippen LogP contribution in [0.15, 0.2) is 52.7 Å². The Morgan fingerprint density at radius 3 is 2.77 bits per heavy atom. The van der Waals surface area contributed by atoms with Gasteiger partial charge in [0.15, 0.2) is 5.82 Å². The second-order valence-electron chi connectivity index (χ2n) is 6.36. The molecule has 0 amide bonds. The number of hydrogen-bond acceptors (Lipinski definition) is 6. The van der Waals surface area contributed by atoms with Gasteiger partial charge in [0, 0.05) is 6.54 Å². The lowest BCUT2D eigenvalue weighted by atomic mass is 9.89. The van der Waals surface area contributed by atoms with Crippen molar-refractivity contribution in [3.05, 3.63) is 54.0 Å². The summed E-state index contributed by atoms with van der Waals surface area (Å²) >= 11 is 0. The van der Waals surface area contributed by atoms with Gasteiger partial charge in [-0.25, -0.2) is 14.4 Å². The maximum absolute atomic E-state index is 12.9. The van der Waals surface area contributed by atoms with Gasteiger partial charge in [-0.2, -0.15) is 5.10 Å². The van der Waals surface area contributed by atoms with Crippen molar-refractivity contribution in [3.63, 3.8) is 0 Å². The standard InChI is InChI=1S/C19H22FN5O/c20-16-4-5-19(22-11-16)23-12-17(24-21)13-25-8-6-14(7-9-25)15-2-1-3-18(26)10-15/h1-5,10-12,14,26H,6-9,13,21H2. The molecular weight excluding hydrogens is 333 g/mol. The number of nitrogens with zero attached hydrogens (tertiary/aromatic N) is 4. The Morgan fingerprint density at radius 2 is 2.12 bits per heavy atom. The van der Waals surface area contributed by atoms with Crippen molar-refractivity contribution in [2.45, 2.75) is 18.8 Å². The summed E-state index contributed by atoms with van der Waals surface area (Å²) in [7, 11) is 0. The van der Waals surface area contributed by atoms with E-state index in [2.05, 4.69) is 26.0 Å². The number of hydrazone groups is 1. The van der Waals surface area contributed by atoms with E-state index < -0.39 is 5.82 Å². The summed E-state index contributed by atoms with van der Waals surface area (Å²) in [5.74, 6) is 6.26. The van der Waals surface area contributed by atoms with Gasteiger partial charge >= 0.3 is 0 Å². The average molecular weight is 355 g/mol. The minimum atomic E-state index is -0.397. The van der Waals surface area contributed by atoms with E-state index in [1.807, 2.05) is 12.1 Å². The topological polar surface area (TPSA) is 87.1 Å². The number of aromatic nitrogens is 1. The Bertz CT molecular complexity index is 783. The van der Waals surface area contributed by atoms with Crippen LogP contribution in [0.4, 0.5) is 10.2 Å². The van der Waals surface area contributed by atoms with Crippen molar-refractivity contribution in [2.24, 2.45) is 15.9 Å². The molecule has 0 atom stereocenters. The Labute approximate surface area is 151 Å². The highest BCUT2D eigenvalue weighted by molar-refractivity contribution is 6.31. The molecule has 6 nitrogen and oxygen atoms in total. The minimum Gasteiger partial charge on any atom is -0.508 e. The molecule has 2 aromatic rings. The van der Waals surface area contributed by atoms with Crippen LogP contribution >= 0.6 is 0 Å². The molecule has 136 valence electrons. The number of aromatic hydroxyl groups is 1. The molecule has 26 heavy (non-hydrogen) atoms. The molecule has 1 aromatic carbocycles. The molecule has 0 aliphatic carbocycles. The third-order valence-electron chi connectivity index (χ3n) is 4.54. The van der Waals surface area contributed by atoms with Crippen LogP contribution in [-0.4, -0.2) is 46.6 Å². The number of benzene rings is 1. The first-order chi connectivity index (χ1) is 12.6. The molecule has 0 radical (unpaired) electrons. The number of likely N-dealkylation sites (tertiary alicyclic amines) is 1. The number of nitrogens with two attached hydrogens (primary N) is 1. The van der Waals surface area contributed by atoms with Gasteiger partial charge in [0.2, 0.25) is 0 Å². The quantitative estimate of drug-likeness (QED) is 0.490. The van der Waals surface area contributed by atoms with Crippen molar-refractivity contribution in [2.75, 3.05) is 19.6 Å². The molecular formula is C19H22FN5O. The Morgan fingerprint density at radius 1 is 1.31 bits per heavy atom. The van der Waals surface area contributed by atoms with Crippen molar-refractivity contribution >= 4 is 17.7 Å². The fraction of sp³-hybridized carbons (Fsp3) is 0.316. The fourth-order valence-electron chi connectivity index (χ4n) is 3.13. The Kier molecular flexibility index (Phi) is 5.91. The summed E-state index contributed by atoms with van der Waals surface area (Å²) in [6.45, 7) is 2.44. The number of pyridine rings is 1. The first kappa shape index (κ1) is 18.0. The zero-order valence-electron chi connectivity index (χ0n) is 14.4. The number of piperidine rings is 1. The zero-order valence-corrected chi connectivity index (χ0v) is 14.4. The molecule has 3 rings (SSSR count). The zero-order chi connectivity index (χ0) is 18.4. The first-order valence-corrected chi connectivity index (χ1v) is 8.57. The lowest BCUT2D eigenvalue weighted by Crippen LogP contribution is -2.37. The molecule has 1 aliphatic heterocycles. The van der Waals surface area contributed by atoms with Crippen LogP contribution in [0.3, 0.4) is 0 Å². The Balaban J connectivity index is 1.53. The summed E-state index contributed by atoms with van der Waals surface area (Å²) in [5.41, 5.74) is 1.83. The number of halogens is 1. The van der Waals surface area contributed by atoms with E-state index in [0.717, 1.165) is 32.1 Å². The third kappa shape index (κ3) is 4.86. The molecule has 0 bridgehead atoms. The smallest absolute Gasteiger partial charge is 0.152 e. The monoisotopic (exact) mass is 355 g/mol. The van der Waals surface area contributed by atoms with Crippen molar-refractivity contribution in [1.29, 1.82) is 0 Å². The van der Waals surface area contributed by atoms with E-state index >= 15 is 0 Å². The van der Waals surface area contributed by atoms with Crippen molar-refractivity contribution in [3.8, 4) is 5.75 Å². The van der Waals surface area contributed by atoms with E-state index in [-0.39, 0.29) is 0 Å². The molecule has 0 spiro atoms. The van der Waals surface area contributed by atoms with Crippen LogP contribution in [-0.2, 0) is 0 Å². The summed E-state index contributed by atoms with van der Waals surface area (Å²) in [4.78, 5) is 10.3. The highest BCUT2D eigenvalue weighted by Gasteiger charge is 2.21. The van der Waals surface area contributed by atoms with E-state index in [1.165, 1.54) is 17.7 Å². The van der Waals surface area contributed by atoms with Gasteiger partial charge in [0.25, 0.3) is 0 Å². The van der Waals surface area contributed by atoms with E-state index in [4.69, 9.17) is 5.84 Å². The molecule has 1 saturated heterocycles. The number of hydrogen-bond donors (Lipinski definition) is 2. The fourth-order valence-corrected chi connectivity index (χ4v) is 3.13. The number of phenols is 1. The summed E-state index contributed by atoms with van der Waals surface area (Å²) < 4.78 is 12.9. The van der Waals surface area contributed by atoms with Gasteiger partial charge in [-0.05, 0) is 61.7 Å². The molecule has 7 heteroatoms. The van der Waals surface area contributed by atoms with Crippen molar-refractivity contribution < 1.29 is 9.50 Å². The van der Waals surface area contributed by atoms with Gasteiger partial charge in [-0.1, -0.05) is 12.1 Å². The van der Waals surface area contributed by atoms with Gasteiger partial charge in [0.1, 0.15) is 11.6 Å². The van der Waals surface area contributed by atoms with Gasteiger partial charge in [0.05, 0.1) is 18.1 Å². The maximum Gasteiger partial charge on any atom is 0.152 e. The van der Waals surface area contributed by atoms with Crippen LogP contribution in [0.25, 0.3) is 0 Å². The van der Waals surface area contributed by atoms with Crippen LogP contribution in [0.5, 0.6) is 5.75 Å². The predicted octanol–water partition coefficient (Wildman–Crippen LogP) is 2.82. The number of aliphatic imine (C=N–C) groups is 1. The molecule has 1 aliphatic rings. The molecule has 0 unspecified atom stereocenters. The SMILES string of the molecule is NN=C(C=Nc1ccc(F)cn1)CN1CCC(c2cccc(O)c2)CC1. The lowest BCUT2D eigenvalue weighted by Gasteiger charge is -2.32. The second kappa shape index (κ2) is 8.53. The van der Waals surface area contributed by atoms with Gasteiger partial charge in [-0.3, -0.25) is 4.90 Å². The largest absolute Gasteiger partial charge is 0.508 e. The maximum atomic E-state index is 12.9. The summed E-state index contributed by atoms with van der Waals surface area (Å²) in [6.07, 6.45) is 4.72. The minimum absolute atomic E-state index is 0.313. The molecule has 1 fully saturated rings. The predicted molar refractivity (Wildman–Crippen MR) is 100 cm³/mol. The third-order valence-corrected chi connectivity index (χ3v) is 4.54. The summed E-state index contributed by atoms with van der Waals surface area (Å²) in [6, 6.07) is 10.3. The normalized spacial score (nSPS) is 17.0. The number of phenolic OH excluding ortho intramolecular Hbond substituents is 1. The molecule has 2 heterocycles. The second-order valence-corrected chi connectivity index (χ2v) is 6.36. The van der Waals surface area contributed by atoms with Crippen LogP contribution in [0, 0.1) is 5.82 Å². The first-order valence-electron chi connectivity index (χ1n) is 8.57. The van der Waals surface area contributed by atoms with Gasteiger partial charge < -0.3 is 10.9 Å². The van der Waals surface area contributed by atoms with E-state index in [1.54, 1.807) is 12.3 Å². The van der Waals surface area contributed by atoms with Crippen LogP contribution in [0.2, 0.25) is 0 Å². The van der Waals surface area contributed by atoms with Crippen LogP contribution in [0.1, 0.15) is 24.3 Å². The molecule has 0 saturated carbocycles. The van der Waals surface area contributed by atoms with Crippen LogP contribution < -0.4 is 5.84 Å². The van der Waals surface area contributed by atoms with Crippen molar-refractivity contribution in [1.82, 2.24) is 9.88 Å². The van der Waals surface area contributed by atoms with E-state index in [9.17, 15) is 9.50 Å². The number of rotatable bonds is 5. The Hall–Kier alpha value is -2.80.